The van der Waals surface area contributed by atoms with Crippen molar-refractivity contribution in [1.29, 1.82) is 0 Å². The molecule has 0 fully saturated rings. The lowest BCUT2D eigenvalue weighted by Crippen LogP contribution is -2.35. The van der Waals surface area contributed by atoms with E-state index in [2.05, 4.69) is 5.32 Å². The molecule has 2 nitrogen and oxygen atoms in total. The van der Waals surface area contributed by atoms with Gasteiger partial charge in [-0.05, 0) is 25.0 Å². The smallest absolute Gasteiger partial charge is 0.147 e. The number of hydrogen-bond donors (Lipinski definition) is 2. The van der Waals surface area contributed by atoms with Crippen molar-refractivity contribution in [3.63, 3.8) is 0 Å². The summed E-state index contributed by atoms with van der Waals surface area (Å²) in [5.74, 6) is -0.401. The lowest BCUT2D eigenvalue weighted by molar-refractivity contribution is 0.0456. The Bertz CT molecular complexity index is 333. The molecule has 2 N–H and O–H groups in total. The lowest BCUT2D eigenvalue weighted by atomic mass is 9.97. The summed E-state index contributed by atoms with van der Waals surface area (Å²) >= 11 is 5.86. The van der Waals surface area contributed by atoms with E-state index in [1.54, 1.807) is 12.1 Å². The summed E-state index contributed by atoms with van der Waals surface area (Å²) in [5.41, 5.74) is -0.560. The number of nitrogens with one attached hydrogen (secondary N) is 1. The van der Waals surface area contributed by atoms with Crippen LogP contribution in [0.3, 0.4) is 0 Å². The van der Waals surface area contributed by atoms with Crippen molar-refractivity contribution in [2.45, 2.75) is 32.3 Å². The third kappa shape index (κ3) is 3.09. The lowest BCUT2D eigenvalue weighted by Gasteiger charge is -2.26. The SMILES string of the molecule is CCC(O)(CC)CNc1c(F)cccc1Cl. The van der Waals surface area contributed by atoms with Crippen LogP contribution in [-0.4, -0.2) is 17.3 Å². The van der Waals surface area contributed by atoms with Crippen molar-refractivity contribution < 1.29 is 9.50 Å². The van der Waals surface area contributed by atoms with E-state index in [-0.39, 0.29) is 5.69 Å². The quantitative estimate of drug-likeness (QED) is 0.833. The van der Waals surface area contributed by atoms with Crippen LogP contribution in [0.25, 0.3) is 0 Å². The first-order valence-corrected chi connectivity index (χ1v) is 5.80. The highest BCUT2D eigenvalue weighted by molar-refractivity contribution is 6.33. The zero-order chi connectivity index (χ0) is 12.2. The van der Waals surface area contributed by atoms with Crippen molar-refractivity contribution in [1.82, 2.24) is 0 Å². The number of anilines is 1. The minimum absolute atomic E-state index is 0.254. The summed E-state index contributed by atoms with van der Waals surface area (Å²) in [6.07, 6.45) is 1.23. The van der Waals surface area contributed by atoms with Crippen LogP contribution in [0.4, 0.5) is 10.1 Å². The first-order chi connectivity index (χ1) is 7.52. The van der Waals surface area contributed by atoms with Gasteiger partial charge in [-0.15, -0.1) is 0 Å². The molecule has 0 aliphatic rings. The molecule has 4 heteroatoms. The highest BCUT2D eigenvalue weighted by atomic mass is 35.5. The third-order valence-corrected chi connectivity index (χ3v) is 3.19. The fourth-order valence-corrected chi connectivity index (χ4v) is 1.65. The van der Waals surface area contributed by atoms with Gasteiger partial charge in [0.15, 0.2) is 0 Å². The minimum Gasteiger partial charge on any atom is -0.388 e. The Morgan fingerprint density at radius 2 is 2.00 bits per heavy atom. The zero-order valence-electron chi connectivity index (χ0n) is 9.56. The molecular formula is C12H17ClFNO. The fourth-order valence-electron chi connectivity index (χ4n) is 1.42. The summed E-state index contributed by atoms with van der Waals surface area (Å²) in [6.45, 7) is 4.09. The van der Waals surface area contributed by atoms with E-state index in [4.69, 9.17) is 11.6 Å². The summed E-state index contributed by atoms with van der Waals surface area (Å²) < 4.78 is 13.4. The second-order valence-corrected chi connectivity index (χ2v) is 4.29. The van der Waals surface area contributed by atoms with E-state index in [1.807, 2.05) is 13.8 Å². The molecule has 0 aromatic heterocycles. The Morgan fingerprint density at radius 3 is 2.50 bits per heavy atom. The van der Waals surface area contributed by atoms with E-state index >= 15 is 0 Å². The van der Waals surface area contributed by atoms with Gasteiger partial charge >= 0.3 is 0 Å². The summed E-state index contributed by atoms with van der Waals surface area (Å²) in [7, 11) is 0. The van der Waals surface area contributed by atoms with Gasteiger partial charge in [0.05, 0.1) is 16.3 Å². The van der Waals surface area contributed by atoms with Gasteiger partial charge in [0, 0.05) is 6.54 Å². The molecule has 0 unspecified atom stereocenters. The van der Waals surface area contributed by atoms with E-state index in [0.717, 1.165) is 0 Å². The molecule has 0 aliphatic carbocycles. The highest BCUT2D eigenvalue weighted by Gasteiger charge is 2.22. The van der Waals surface area contributed by atoms with E-state index in [9.17, 15) is 9.50 Å². The number of benzene rings is 1. The summed E-state index contributed by atoms with van der Waals surface area (Å²) in [5, 5.41) is 13.2. The minimum atomic E-state index is -0.814. The number of halogens is 2. The molecule has 0 radical (unpaired) electrons. The first-order valence-electron chi connectivity index (χ1n) is 5.42. The van der Waals surface area contributed by atoms with Gasteiger partial charge in [-0.3, -0.25) is 0 Å². The summed E-state index contributed by atoms with van der Waals surface area (Å²) in [4.78, 5) is 0. The average Bonchev–Trinajstić information content (AvgIpc) is 2.28. The van der Waals surface area contributed by atoms with Crippen LogP contribution >= 0.6 is 11.6 Å². The molecular weight excluding hydrogens is 229 g/mol. The predicted molar refractivity (Wildman–Crippen MR) is 65.4 cm³/mol. The Kier molecular flexibility index (Phi) is 4.56. The van der Waals surface area contributed by atoms with Crippen molar-refractivity contribution in [2.24, 2.45) is 0 Å². The topological polar surface area (TPSA) is 32.3 Å². The molecule has 16 heavy (non-hydrogen) atoms. The second kappa shape index (κ2) is 5.51. The van der Waals surface area contributed by atoms with Crippen molar-refractivity contribution >= 4 is 17.3 Å². The monoisotopic (exact) mass is 245 g/mol. The van der Waals surface area contributed by atoms with Crippen molar-refractivity contribution in [2.75, 3.05) is 11.9 Å². The second-order valence-electron chi connectivity index (χ2n) is 3.88. The Hall–Kier alpha value is -0.800. The molecule has 0 spiro atoms. The van der Waals surface area contributed by atoms with Gasteiger partial charge in [-0.2, -0.15) is 0 Å². The maximum atomic E-state index is 13.4. The Balaban J connectivity index is 2.75. The Labute approximate surface area is 100 Å². The third-order valence-electron chi connectivity index (χ3n) is 2.87. The van der Waals surface area contributed by atoms with Gasteiger partial charge in [0.25, 0.3) is 0 Å². The molecule has 0 bridgehead atoms. The Morgan fingerprint density at radius 1 is 1.38 bits per heavy atom. The molecule has 90 valence electrons. The molecule has 0 heterocycles. The van der Waals surface area contributed by atoms with Crippen LogP contribution < -0.4 is 5.32 Å². The first kappa shape index (κ1) is 13.3. The predicted octanol–water partition coefficient (Wildman–Crippen LogP) is 3.44. The van der Waals surface area contributed by atoms with E-state index in [0.29, 0.717) is 24.4 Å². The van der Waals surface area contributed by atoms with Crippen LogP contribution in [0, 0.1) is 5.82 Å². The van der Waals surface area contributed by atoms with Gasteiger partial charge < -0.3 is 10.4 Å². The number of hydrogen-bond acceptors (Lipinski definition) is 2. The van der Waals surface area contributed by atoms with Crippen LogP contribution in [0.2, 0.25) is 5.02 Å². The van der Waals surface area contributed by atoms with E-state index in [1.165, 1.54) is 6.07 Å². The zero-order valence-corrected chi connectivity index (χ0v) is 10.3. The van der Waals surface area contributed by atoms with Gasteiger partial charge in [0.1, 0.15) is 5.82 Å². The van der Waals surface area contributed by atoms with Gasteiger partial charge in [-0.1, -0.05) is 31.5 Å². The van der Waals surface area contributed by atoms with Gasteiger partial charge in [0.2, 0.25) is 0 Å². The molecule has 0 amide bonds. The number of aliphatic hydroxyl groups is 1. The highest BCUT2D eigenvalue weighted by Crippen LogP contribution is 2.26. The van der Waals surface area contributed by atoms with Crippen LogP contribution in [0.5, 0.6) is 0 Å². The maximum Gasteiger partial charge on any atom is 0.147 e. The van der Waals surface area contributed by atoms with Gasteiger partial charge in [-0.25, -0.2) is 4.39 Å². The van der Waals surface area contributed by atoms with E-state index < -0.39 is 11.4 Å². The number of para-hydroxylation sites is 1. The largest absolute Gasteiger partial charge is 0.388 e. The number of rotatable bonds is 5. The molecule has 1 aromatic rings. The van der Waals surface area contributed by atoms with Crippen molar-refractivity contribution in [3.05, 3.63) is 29.0 Å². The van der Waals surface area contributed by atoms with Crippen LogP contribution in [0.15, 0.2) is 18.2 Å². The molecule has 0 saturated carbocycles. The molecule has 1 rings (SSSR count). The molecule has 0 aliphatic heterocycles. The molecule has 0 atom stereocenters. The molecule has 1 aromatic carbocycles. The standard InChI is InChI=1S/C12H17ClFNO/c1-3-12(16,4-2)8-15-11-9(13)6-5-7-10(11)14/h5-7,15-16H,3-4,8H2,1-2H3. The normalized spacial score (nSPS) is 11.6. The van der Waals surface area contributed by atoms with Crippen molar-refractivity contribution in [3.8, 4) is 0 Å². The summed E-state index contributed by atoms with van der Waals surface area (Å²) in [6, 6.07) is 4.50. The maximum absolute atomic E-state index is 13.4. The molecule has 0 saturated heterocycles. The van der Waals surface area contributed by atoms with Crippen LogP contribution in [0.1, 0.15) is 26.7 Å². The average molecular weight is 246 g/mol. The fraction of sp³-hybridized carbons (Fsp3) is 0.500. The van der Waals surface area contributed by atoms with Crippen LogP contribution in [-0.2, 0) is 0 Å².